The van der Waals surface area contributed by atoms with Gasteiger partial charge >= 0.3 is 0 Å². The van der Waals surface area contributed by atoms with Crippen molar-refractivity contribution in [2.45, 2.75) is 6.42 Å². The second kappa shape index (κ2) is 6.14. The topological polar surface area (TPSA) is 38.3 Å². The van der Waals surface area contributed by atoms with Gasteiger partial charge in [0.15, 0.2) is 11.6 Å². The number of hydrogen-bond donors (Lipinski definition) is 1. The van der Waals surface area contributed by atoms with Gasteiger partial charge < -0.3 is 10.1 Å². The molecule has 0 unspecified atom stereocenters. The Morgan fingerprint density at radius 2 is 1.90 bits per heavy atom. The van der Waals surface area contributed by atoms with Crippen molar-refractivity contribution in [2.24, 2.45) is 0 Å². The number of methoxy groups -OCH3 is 1. The number of ether oxygens (including phenoxy) is 1. The number of amides is 1. The zero-order valence-electron chi connectivity index (χ0n) is 10.8. The molecule has 0 fully saturated rings. The van der Waals surface area contributed by atoms with Crippen LogP contribution in [0.4, 0.5) is 14.5 Å². The summed E-state index contributed by atoms with van der Waals surface area (Å²) >= 11 is 0. The number of rotatable bonds is 4. The van der Waals surface area contributed by atoms with E-state index in [9.17, 15) is 13.6 Å². The first-order valence-corrected chi connectivity index (χ1v) is 5.97. The molecule has 0 heterocycles. The van der Waals surface area contributed by atoms with E-state index in [1.165, 1.54) is 37.4 Å². The molecule has 1 N–H and O–H groups in total. The molecule has 0 aliphatic heterocycles. The quantitative estimate of drug-likeness (QED) is 0.932. The number of hydrogen-bond acceptors (Lipinski definition) is 2. The summed E-state index contributed by atoms with van der Waals surface area (Å²) in [5.41, 5.74) is 0.587. The normalized spacial score (nSPS) is 10.2. The van der Waals surface area contributed by atoms with Crippen LogP contribution in [0.5, 0.6) is 5.75 Å². The lowest BCUT2D eigenvalue weighted by atomic mass is 10.1. The Kier molecular flexibility index (Phi) is 4.30. The summed E-state index contributed by atoms with van der Waals surface area (Å²) in [6.07, 6.45) is -0.0464. The summed E-state index contributed by atoms with van der Waals surface area (Å²) in [6.45, 7) is 0. The van der Waals surface area contributed by atoms with E-state index in [1.54, 1.807) is 12.1 Å². The van der Waals surface area contributed by atoms with Gasteiger partial charge in [-0.15, -0.1) is 0 Å². The third-order valence-electron chi connectivity index (χ3n) is 2.73. The molecule has 3 nitrogen and oxygen atoms in total. The number of anilines is 1. The molecule has 20 heavy (non-hydrogen) atoms. The highest BCUT2D eigenvalue weighted by molar-refractivity contribution is 5.92. The maximum atomic E-state index is 13.5. The van der Waals surface area contributed by atoms with Gasteiger partial charge in [-0.3, -0.25) is 4.79 Å². The molecule has 0 spiro atoms. The van der Waals surface area contributed by atoms with Gasteiger partial charge in [0.25, 0.3) is 0 Å². The van der Waals surface area contributed by atoms with Gasteiger partial charge in [0.2, 0.25) is 5.91 Å². The molecule has 0 saturated heterocycles. The van der Waals surface area contributed by atoms with E-state index in [1.807, 2.05) is 0 Å². The molecule has 0 aliphatic carbocycles. The van der Waals surface area contributed by atoms with Gasteiger partial charge in [-0.05, 0) is 29.8 Å². The second-order valence-electron chi connectivity index (χ2n) is 4.17. The zero-order valence-corrected chi connectivity index (χ0v) is 10.8. The summed E-state index contributed by atoms with van der Waals surface area (Å²) in [5.74, 6) is -1.35. The molecular formula is C15H13F2NO2. The Hall–Kier alpha value is -2.43. The van der Waals surface area contributed by atoms with E-state index in [-0.39, 0.29) is 17.9 Å². The molecule has 2 rings (SSSR count). The lowest BCUT2D eigenvalue weighted by Crippen LogP contribution is -2.15. The highest BCUT2D eigenvalue weighted by Gasteiger charge is 2.09. The monoisotopic (exact) mass is 277 g/mol. The van der Waals surface area contributed by atoms with Crippen LogP contribution in [-0.2, 0) is 11.2 Å². The van der Waals surface area contributed by atoms with Crippen molar-refractivity contribution in [1.82, 2.24) is 0 Å². The minimum atomic E-state index is -0.538. The van der Waals surface area contributed by atoms with Crippen molar-refractivity contribution in [3.05, 3.63) is 59.7 Å². The van der Waals surface area contributed by atoms with Crippen LogP contribution in [0.1, 0.15) is 5.56 Å². The van der Waals surface area contributed by atoms with Crippen molar-refractivity contribution in [1.29, 1.82) is 0 Å². The summed E-state index contributed by atoms with van der Waals surface area (Å²) in [4.78, 5) is 11.8. The molecule has 0 aromatic heterocycles. The number of carbonyl (C=O) groups excluding carboxylic acids is 1. The fourth-order valence-corrected chi connectivity index (χ4v) is 1.76. The van der Waals surface area contributed by atoms with Gasteiger partial charge in [0, 0.05) is 0 Å². The second-order valence-corrected chi connectivity index (χ2v) is 4.17. The van der Waals surface area contributed by atoms with Gasteiger partial charge in [0.05, 0.1) is 19.2 Å². The van der Waals surface area contributed by atoms with Crippen LogP contribution in [-0.4, -0.2) is 13.0 Å². The number of benzene rings is 2. The largest absolute Gasteiger partial charge is 0.494 e. The van der Waals surface area contributed by atoms with Crippen LogP contribution < -0.4 is 10.1 Å². The maximum Gasteiger partial charge on any atom is 0.228 e. The Bertz CT molecular complexity index is 629. The van der Waals surface area contributed by atoms with E-state index in [0.717, 1.165) is 0 Å². The lowest BCUT2D eigenvalue weighted by molar-refractivity contribution is -0.115. The Morgan fingerprint density at radius 3 is 2.55 bits per heavy atom. The van der Waals surface area contributed by atoms with Gasteiger partial charge in [-0.1, -0.05) is 18.2 Å². The highest BCUT2D eigenvalue weighted by Crippen LogP contribution is 2.18. The van der Waals surface area contributed by atoms with Crippen molar-refractivity contribution in [2.75, 3.05) is 12.4 Å². The molecule has 2 aromatic rings. The number of para-hydroxylation sites is 1. The van der Waals surface area contributed by atoms with Crippen LogP contribution in [0.25, 0.3) is 0 Å². The van der Waals surface area contributed by atoms with Crippen LogP contribution in [0.2, 0.25) is 0 Å². The molecule has 0 aliphatic rings. The smallest absolute Gasteiger partial charge is 0.228 e. The first-order chi connectivity index (χ1) is 9.60. The first kappa shape index (κ1) is 14.0. The van der Waals surface area contributed by atoms with Crippen molar-refractivity contribution < 1.29 is 18.3 Å². The van der Waals surface area contributed by atoms with Crippen molar-refractivity contribution in [3.8, 4) is 5.75 Å². The first-order valence-electron chi connectivity index (χ1n) is 5.97. The minimum absolute atomic E-state index is 0.0464. The number of nitrogens with one attached hydrogen (secondary N) is 1. The van der Waals surface area contributed by atoms with Crippen LogP contribution in [0.3, 0.4) is 0 Å². The number of carbonyl (C=O) groups is 1. The summed E-state index contributed by atoms with van der Waals surface area (Å²) in [7, 11) is 1.36. The van der Waals surface area contributed by atoms with Crippen LogP contribution in [0, 0.1) is 11.6 Å². The van der Waals surface area contributed by atoms with E-state index in [0.29, 0.717) is 5.56 Å². The summed E-state index contributed by atoms with van der Waals surface area (Å²) in [6, 6.07) is 10.1. The van der Waals surface area contributed by atoms with Crippen LogP contribution >= 0.6 is 0 Å². The maximum absolute atomic E-state index is 13.5. The standard InChI is InChI=1S/C15H13F2NO2/c1-20-14-7-6-10(8-12(14)17)9-15(19)18-13-5-3-2-4-11(13)16/h2-8H,9H2,1H3,(H,18,19). The Morgan fingerprint density at radius 1 is 1.15 bits per heavy atom. The van der Waals surface area contributed by atoms with Gasteiger partial charge in [-0.2, -0.15) is 0 Å². The summed E-state index contributed by atoms with van der Waals surface area (Å²) in [5, 5.41) is 2.44. The third kappa shape index (κ3) is 3.32. The van der Waals surface area contributed by atoms with Gasteiger partial charge in [-0.25, -0.2) is 8.78 Å². The summed E-state index contributed by atoms with van der Waals surface area (Å²) < 4.78 is 31.6. The van der Waals surface area contributed by atoms with Crippen molar-refractivity contribution in [3.63, 3.8) is 0 Å². The number of halogens is 2. The van der Waals surface area contributed by atoms with Gasteiger partial charge in [0.1, 0.15) is 5.82 Å². The van der Waals surface area contributed by atoms with E-state index in [4.69, 9.17) is 4.74 Å². The molecule has 5 heteroatoms. The third-order valence-corrected chi connectivity index (χ3v) is 2.73. The SMILES string of the molecule is COc1ccc(CC(=O)Nc2ccccc2F)cc1F. The average molecular weight is 277 g/mol. The molecule has 2 aromatic carbocycles. The van der Waals surface area contributed by atoms with Crippen molar-refractivity contribution >= 4 is 11.6 Å². The highest BCUT2D eigenvalue weighted by atomic mass is 19.1. The fourth-order valence-electron chi connectivity index (χ4n) is 1.76. The molecule has 0 radical (unpaired) electrons. The van der Waals surface area contributed by atoms with Crippen LogP contribution in [0.15, 0.2) is 42.5 Å². The predicted octanol–water partition coefficient (Wildman–Crippen LogP) is 3.15. The Balaban J connectivity index is 2.05. The van der Waals surface area contributed by atoms with E-state index in [2.05, 4.69) is 5.32 Å². The fraction of sp³-hybridized carbons (Fsp3) is 0.133. The van der Waals surface area contributed by atoms with E-state index < -0.39 is 17.5 Å². The minimum Gasteiger partial charge on any atom is -0.494 e. The lowest BCUT2D eigenvalue weighted by Gasteiger charge is -2.07. The van der Waals surface area contributed by atoms with E-state index >= 15 is 0 Å². The molecule has 1 amide bonds. The molecular weight excluding hydrogens is 264 g/mol. The predicted molar refractivity (Wildman–Crippen MR) is 71.7 cm³/mol. The molecule has 0 atom stereocenters. The molecule has 0 saturated carbocycles. The molecule has 104 valence electrons. The average Bonchev–Trinajstić information content (AvgIpc) is 2.41. The zero-order chi connectivity index (χ0) is 14.5. The molecule has 0 bridgehead atoms. The Labute approximate surface area is 115 Å².